The summed E-state index contributed by atoms with van der Waals surface area (Å²) in [6.07, 6.45) is -2.71. The molecular weight excluding hydrogens is 555 g/mol. The molecule has 2 aliphatic rings. The maximum atomic E-state index is 13.9. The molecule has 40 heavy (non-hydrogen) atoms. The molecule has 0 saturated carbocycles. The number of benzene rings is 1. The van der Waals surface area contributed by atoms with E-state index in [-0.39, 0.29) is 37.4 Å². The zero-order valence-electron chi connectivity index (χ0n) is 20.8. The van der Waals surface area contributed by atoms with Crippen LogP contribution in [-0.4, -0.2) is 76.9 Å². The Kier molecular flexibility index (Phi) is 6.24. The number of hydrogen-bond donors (Lipinski definition) is 3. The number of carboxylic acid groups (broad SMARTS) is 1. The average molecular weight is 578 g/mol. The van der Waals surface area contributed by atoms with Crippen LogP contribution in [0.5, 0.6) is 0 Å². The van der Waals surface area contributed by atoms with Gasteiger partial charge in [-0.05, 0) is 48.6 Å². The second-order valence-corrected chi connectivity index (χ2v) is 10.6. The molecule has 2 amide bonds. The minimum absolute atomic E-state index is 0.0124. The topological polar surface area (TPSA) is 140 Å². The molecule has 0 radical (unpaired) electrons. The monoisotopic (exact) mass is 577 g/mol. The van der Waals surface area contributed by atoms with E-state index >= 15 is 0 Å². The minimum atomic E-state index is -4.68. The molecule has 1 aromatic carbocycles. The van der Waals surface area contributed by atoms with Crippen molar-refractivity contribution in [1.82, 2.24) is 34.5 Å². The van der Waals surface area contributed by atoms with Crippen molar-refractivity contribution in [2.45, 2.75) is 44.1 Å². The van der Waals surface area contributed by atoms with E-state index in [0.717, 1.165) is 9.80 Å². The van der Waals surface area contributed by atoms with Crippen LogP contribution in [0.4, 0.5) is 18.0 Å². The first-order chi connectivity index (χ1) is 19.0. The average Bonchev–Trinajstić information content (AvgIpc) is 3.48. The summed E-state index contributed by atoms with van der Waals surface area (Å²) in [7, 11) is 0. The molecule has 210 valence electrons. The molecule has 3 atom stereocenters. The summed E-state index contributed by atoms with van der Waals surface area (Å²) in [5.74, 6) is -1.96. The van der Waals surface area contributed by atoms with Crippen molar-refractivity contribution in [3.63, 3.8) is 0 Å². The third-order valence-corrected chi connectivity index (χ3v) is 8.16. The molecule has 1 fully saturated rings. The van der Waals surface area contributed by atoms with Crippen LogP contribution in [0.25, 0.3) is 22.1 Å². The van der Waals surface area contributed by atoms with Crippen LogP contribution < -0.4 is 5.69 Å². The fourth-order valence-electron chi connectivity index (χ4n) is 6.18. The molecule has 2 unspecified atom stereocenters. The molecule has 6 rings (SSSR count). The number of nitrogens with zero attached hydrogens (tertiary/aromatic N) is 5. The highest BCUT2D eigenvalue weighted by atomic mass is 35.5. The summed E-state index contributed by atoms with van der Waals surface area (Å²) < 4.78 is 42.5. The van der Waals surface area contributed by atoms with Gasteiger partial charge in [0.15, 0.2) is 5.65 Å². The van der Waals surface area contributed by atoms with Crippen molar-refractivity contribution in [2.75, 3.05) is 13.1 Å². The number of piperidine rings is 1. The number of carbonyl (C=O) groups is 2. The number of pyridine rings is 1. The second-order valence-electron chi connectivity index (χ2n) is 10.2. The molecule has 11 nitrogen and oxygen atoms in total. The molecule has 5 heterocycles. The first-order valence-corrected chi connectivity index (χ1v) is 12.9. The Bertz CT molecular complexity index is 1700. The van der Waals surface area contributed by atoms with Crippen LogP contribution >= 0.6 is 11.6 Å². The summed E-state index contributed by atoms with van der Waals surface area (Å²) in [5.41, 5.74) is 1.90. The van der Waals surface area contributed by atoms with Crippen LogP contribution in [0.2, 0.25) is 5.02 Å². The highest BCUT2D eigenvalue weighted by Gasteiger charge is 2.46. The number of amides is 2. The summed E-state index contributed by atoms with van der Waals surface area (Å²) in [5, 5.41) is 17.5. The van der Waals surface area contributed by atoms with Gasteiger partial charge in [0, 0.05) is 36.8 Å². The van der Waals surface area contributed by atoms with E-state index in [1.165, 1.54) is 17.0 Å². The molecule has 0 spiro atoms. The predicted octanol–water partition coefficient (Wildman–Crippen LogP) is 3.70. The number of rotatable bonds is 3. The molecule has 1 saturated heterocycles. The van der Waals surface area contributed by atoms with Crippen LogP contribution in [0, 0.1) is 5.92 Å². The van der Waals surface area contributed by atoms with Gasteiger partial charge in [-0.3, -0.25) is 19.4 Å². The molecule has 3 N–H and O–H groups in total. The molecule has 3 aromatic heterocycles. The Morgan fingerprint density at radius 2 is 2.08 bits per heavy atom. The predicted molar refractivity (Wildman–Crippen MR) is 137 cm³/mol. The number of carbonyl (C=O) groups excluding carboxylic acids is 1. The SMILES string of the molecule is O=C1C([C@H]2CC(n3c(=O)[nH]c4ncccc43)CCN2C(=O)O)Cc2cc(Cl)c3[nH]ncc3c2CN1CC(F)(F)F. The third-order valence-electron chi connectivity index (χ3n) is 7.86. The molecular formula is C25H23ClF3N7O4. The summed E-state index contributed by atoms with van der Waals surface area (Å²) in [6.45, 7) is -1.85. The first kappa shape index (κ1) is 26.2. The van der Waals surface area contributed by atoms with E-state index in [2.05, 4.69) is 20.2 Å². The number of halogens is 4. The van der Waals surface area contributed by atoms with Gasteiger partial charge < -0.3 is 14.9 Å². The summed E-state index contributed by atoms with van der Waals surface area (Å²) in [4.78, 5) is 47.7. The van der Waals surface area contributed by atoms with Crippen molar-refractivity contribution >= 4 is 45.7 Å². The van der Waals surface area contributed by atoms with E-state index < -0.39 is 48.4 Å². The molecule has 2 aliphatic heterocycles. The zero-order valence-corrected chi connectivity index (χ0v) is 21.5. The van der Waals surface area contributed by atoms with Crippen molar-refractivity contribution < 1.29 is 27.9 Å². The number of fused-ring (bicyclic) bond motifs is 4. The van der Waals surface area contributed by atoms with Crippen LogP contribution in [0.15, 0.2) is 35.4 Å². The third kappa shape index (κ3) is 4.45. The van der Waals surface area contributed by atoms with Crippen molar-refractivity contribution in [3.8, 4) is 0 Å². The lowest BCUT2D eigenvalue weighted by atomic mass is 9.83. The number of aromatic nitrogens is 5. The second kappa shape index (κ2) is 9.54. The van der Waals surface area contributed by atoms with Crippen molar-refractivity contribution in [2.24, 2.45) is 5.92 Å². The highest BCUT2D eigenvalue weighted by Crippen LogP contribution is 2.39. The van der Waals surface area contributed by atoms with Gasteiger partial charge in [-0.25, -0.2) is 14.6 Å². The van der Waals surface area contributed by atoms with Crippen LogP contribution in [0.1, 0.15) is 30.0 Å². The quantitative estimate of drug-likeness (QED) is 0.339. The largest absolute Gasteiger partial charge is 0.465 e. The highest BCUT2D eigenvalue weighted by molar-refractivity contribution is 6.35. The minimum Gasteiger partial charge on any atom is -0.465 e. The lowest BCUT2D eigenvalue weighted by molar-refractivity contribution is -0.166. The lowest BCUT2D eigenvalue weighted by Crippen LogP contribution is -2.54. The number of H-pyrrole nitrogens is 2. The maximum absolute atomic E-state index is 13.9. The van der Waals surface area contributed by atoms with Gasteiger partial charge in [0.25, 0.3) is 0 Å². The Morgan fingerprint density at radius 1 is 1.27 bits per heavy atom. The number of likely N-dealkylation sites (tertiary alicyclic amines) is 1. The number of alkyl halides is 3. The van der Waals surface area contributed by atoms with E-state index in [1.807, 2.05) is 0 Å². The van der Waals surface area contributed by atoms with Crippen LogP contribution in [-0.2, 0) is 17.8 Å². The van der Waals surface area contributed by atoms with E-state index in [4.69, 9.17) is 11.6 Å². The summed E-state index contributed by atoms with van der Waals surface area (Å²) >= 11 is 6.44. The van der Waals surface area contributed by atoms with E-state index in [0.29, 0.717) is 33.2 Å². The fourth-order valence-corrected chi connectivity index (χ4v) is 6.46. The standard InChI is InChI=1S/C25H23ClF3N7O4/c26-17-7-12-6-14(22(37)34(11-25(27,28)29)10-16(12)15-9-31-33-20(15)17)19-8-13(3-5-35(19)24(39)40)36-18-2-1-4-30-21(18)32-23(36)38/h1-2,4,7,9,13-14,19H,3,5-6,8,10-11H2,(H,31,33)(H,39,40)(H,30,32,38)/t13?,14?,19-/m1/s1. The fraction of sp³-hybridized carbons (Fsp3) is 0.400. The Balaban J connectivity index is 1.45. The number of hydrogen-bond acceptors (Lipinski definition) is 5. The zero-order chi connectivity index (χ0) is 28.3. The first-order valence-electron chi connectivity index (χ1n) is 12.6. The summed E-state index contributed by atoms with van der Waals surface area (Å²) in [6, 6.07) is 3.44. The van der Waals surface area contributed by atoms with Crippen molar-refractivity contribution in [3.05, 3.63) is 57.2 Å². The smallest absolute Gasteiger partial charge is 0.407 e. The van der Waals surface area contributed by atoms with Gasteiger partial charge in [-0.1, -0.05) is 11.6 Å². The molecule has 0 bridgehead atoms. The van der Waals surface area contributed by atoms with Gasteiger partial charge >= 0.3 is 18.0 Å². The van der Waals surface area contributed by atoms with Gasteiger partial charge in [-0.15, -0.1) is 0 Å². The van der Waals surface area contributed by atoms with E-state index in [9.17, 15) is 32.7 Å². The van der Waals surface area contributed by atoms with Gasteiger partial charge in [0.1, 0.15) is 6.54 Å². The number of imidazole rings is 1. The van der Waals surface area contributed by atoms with E-state index in [1.54, 1.807) is 18.2 Å². The molecule has 4 aromatic rings. The van der Waals surface area contributed by atoms with Gasteiger partial charge in [0.2, 0.25) is 5.91 Å². The Hall–Kier alpha value is -4.07. The van der Waals surface area contributed by atoms with Crippen molar-refractivity contribution in [1.29, 1.82) is 0 Å². The molecule has 15 heteroatoms. The normalized spacial score (nSPS) is 22.1. The van der Waals surface area contributed by atoms with Gasteiger partial charge in [0.05, 0.1) is 28.2 Å². The number of nitrogens with one attached hydrogen (secondary N) is 2. The molecule has 0 aliphatic carbocycles. The maximum Gasteiger partial charge on any atom is 0.407 e. The Morgan fingerprint density at radius 3 is 2.83 bits per heavy atom. The van der Waals surface area contributed by atoms with Gasteiger partial charge in [-0.2, -0.15) is 18.3 Å². The number of aromatic amines is 2. The van der Waals surface area contributed by atoms with Crippen LogP contribution in [0.3, 0.4) is 0 Å². The Labute approximate surface area is 228 Å². The lowest BCUT2D eigenvalue weighted by Gasteiger charge is -2.42.